The summed E-state index contributed by atoms with van der Waals surface area (Å²) in [6, 6.07) is 2.45. The smallest absolute Gasteiger partial charge is 0.253 e. The van der Waals surface area contributed by atoms with Crippen LogP contribution in [0.4, 0.5) is 4.39 Å². The van der Waals surface area contributed by atoms with Gasteiger partial charge in [-0.1, -0.05) is 0 Å². The summed E-state index contributed by atoms with van der Waals surface area (Å²) < 4.78 is 13.7. The monoisotopic (exact) mass is 362 g/mol. The Bertz CT molecular complexity index is 717. The molecule has 0 unspecified atom stereocenters. The molecular weight excluding hydrogens is 342 g/mol. The maximum Gasteiger partial charge on any atom is 0.253 e. The standard InChI is InChI=1S/C15H19FN4O.2ClH/c1-8-9(2)20-13-11(5-10(16)6-12(13)19-8)14(21)18-7-15(3,4)17;;/h5-6H,7,17H2,1-4H3,(H,18,21);2*1H. The SMILES string of the molecule is Cc1nc2cc(F)cc(C(=O)NCC(C)(C)N)c2nc1C.Cl.Cl. The van der Waals surface area contributed by atoms with Crippen LogP contribution in [-0.2, 0) is 0 Å². The average Bonchev–Trinajstić information content (AvgIpc) is 2.36. The van der Waals surface area contributed by atoms with Gasteiger partial charge in [-0.25, -0.2) is 14.4 Å². The zero-order chi connectivity index (χ0) is 15.8. The number of halogens is 3. The number of aryl methyl sites for hydroxylation is 2. The molecule has 0 aliphatic carbocycles. The molecule has 0 saturated heterocycles. The molecule has 2 rings (SSSR count). The first-order chi connectivity index (χ1) is 9.67. The van der Waals surface area contributed by atoms with E-state index in [0.717, 1.165) is 0 Å². The molecule has 0 aliphatic rings. The van der Waals surface area contributed by atoms with Gasteiger partial charge in [0, 0.05) is 18.2 Å². The Hall–Kier alpha value is -1.50. The molecule has 1 heterocycles. The molecule has 0 spiro atoms. The highest BCUT2D eigenvalue weighted by Crippen LogP contribution is 2.19. The van der Waals surface area contributed by atoms with Gasteiger partial charge in [-0.2, -0.15) is 0 Å². The van der Waals surface area contributed by atoms with Crippen molar-refractivity contribution in [1.29, 1.82) is 0 Å². The molecule has 0 aliphatic heterocycles. The van der Waals surface area contributed by atoms with Gasteiger partial charge in [0.2, 0.25) is 0 Å². The summed E-state index contributed by atoms with van der Waals surface area (Å²) in [7, 11) is 0. The van der Waals surface area contributed by atoms with E-state index in [1.54, 1.807) is 27.7 Å². The number of carbonyl (C=O) groups is 1. The molecular formula is C15H21Cl2FN4O. The van der Waals surface area contributed by atoms with Crippen molar-refractivity contribution in [2.24, 2.45) is 5.73 Å². The van der Waals surface area contributed by atoms with Crippen LogP contribution in [0.3, 0.4) is 0 Å². The van der Waals surface area contributed by atoms with Crippen molar-refractivity contribution in [2.75, 3.05) is 6.54 Å². The summed E-state index contributed by atoms with van der Waals surface area (Å²) >= 11 is 0. The number of fused-ring (bicyclic) bond motifs is 1. The number of hydrogen-bond acceptors (Lipinski definition) is 4. The van der Waals surface area contributed by atoms with Gasteiger partial charge >= 0.3 is 0 Å². The van der Waals surface area contributed by atoms with Gasteiger partial charge in [0.1, 0.15) is 11.3 Å². The topological polar surface area (TPSA) is 80.9 Å². The lowest BCUT2D eigenvalue weighted by atomic mass is 10.1. The van der Waals surface area contributed by atoms with E-state index in [2.05, 4.69) is 15.3 Å². The molecule has 1 aromatic heterocycles. The number of aromatic nitrogens is 2. The number of hydrogen-bond donors (Lipinski definition) is 2. The van der Waals surface area contributed by atoms with E-state index in [-0.39, 0.29) is 36.9 Å². The molecule has 2 aromatic rings. The number of nitrogens with zero attached hydrogens (tertiary/aromatic N) is 2. The van der Waals surface area contributed by atoms with E-state index in [0.29, 0.717) is 22.4 Å². The summed E-state index contributed by atoms with van der Waals surface area (Å²) in [6.07, 6.45) is 0. The summed E-state index contributed by atoms with van der Waals surface area (Å²) in [5, 5.41) is 2.69. The summed E-state index contributed by atoms with van der Waals surface area (Å²) in [5.41, 5.74) is 7.65. The van der Waals surface area contributed by atoms with Gasteiger partial charge in [-0.3, -0.25) is 4.79 Å². The molecule has 1 amide bonds. The van der Waals surface area contributed by atoms with E-state index < -0.39 is 17.3 Å². The van der Waals surface area contributed by atoms with Crippen molar-refractivity contribution in [3.63, 3.8) is 0 Å². The number of rotatable bonds is 3. The van der Waals surface area contributed by atoms with E-state index in [9.17, 15) is 9.18 Å². The minimum Gasteiger partial charge on any atom is -0.350 e. The lowest BCUT2D eigenvalue weighted by Gasteiger charge is -2.19. The molecule has 0 saturated carbocycles. The predicted molar refractivity (Wildman–Crippen MR) is 94.1 cm³/mol. The second kappa shape index (κ2) is 7.86. The van der Waals surface area contributed by atoms with Crippen molar-refractivity contribution < 1.29 is 9.18 Å². The predicted octanol–water partition coefficient (Wildman–Crippen LogP) is 2.70. The molecule has 23 heavy (non-hydrogen) atoms. The van der Waals surface area contributed by atoms with Crippen LogP contribution >= 0.6 is 24.8 Å². The molecule has 0 fully saturated rings. The van der Waals surface area contributed by atoms with Crippen LogP contribution < -0.4 is 11.1 Å². The fourth-order valence-corrected chi connectivity index (χ4v) is 1.87. The zero-order valence-corrected chi connectivity index (χ0v) is 15.1. The first-order valence-electron chi connectivity index (χ1n) is 6.69. The number of amides is 1. The van der Waals surface area contributed by atoms with Crippen LogP contribution in [0.15, 0.2) is 12.1 Å². The second-order valence-electron chi connectivity index (χ2n) is 5.89. The third-order valence-corrected chi connectivity index (χ3v) is 3.10. The second-order valence-corrected chi connectivity index (χ2v) is 5.89. The Morgan fingerprint density at radius 1 is 1.22 bits per heavy atom. The van der Waals surface area contributed by atoms with Crippen LogP contribution in [0, 0.1) is 19.7 Å². The first-order valence-corrected chi connectivity index (χ1v) is 6.69. The Morgan fingerprint density at radius 3 is 2.35 bits per heavy atom. The number of nitrogens with two attached hydrogens (primary N) is 1. The Kier molecular flexibility index (Phi) is 7.34. The van der Waals surface area contributed by atoms with Crippen LogP contribution in [0.2, 0.25) is 0 Å². The number of nitrogens with one attached hydrogen (secondary N) is 1. The van der Waals surface area contributed by atoms with Gasteiger partial charge in [0.25, 0.3) is 5.91 Å². The quantitative estimate of drug-likeness (QED) is 0.879. The highest BCUT2D eigenvalue weighted by atomic mass is 35.5. The van der Waals surface area contributed by atoms with Gasteiger partial charge in [-0.15, -0.1) is 24.8 Å². The summed E-state index contributed by atoms with van der Waals surface area (Å²) in [4.78, 5) is 20.9. The maximum atomic E-state index is 13.7. The number of carbonyl (C=O) groups excluding carboxylic acids is 1. The Labute approximate surface area is 147 Å². The van der Waals surface area contributed by atoms with Crippen molar-refractivity contribution in [1.82, 2.24) is 15.3 Å². The highest BCUT2D eigenvalue weighted by molar-refractivity contribution is 6.04. The maximum absolute atomic E-state index is 13.7. The Balaban J connectivity index is 0.00000242. The molecule has 128 valence electrons. The first kappa shape index (κ1) is 21.5. The van der Waals surface area contributed by atoms with Crippen LogP contribution in [0.1, 0.15) is 35.6 Å². The minimum atomic E-state index is -0.545. The normalized spacial score (nSPS) is 10.7. The fraction of sp³-hybridized carbons (Fsp3) is 0.400. The largest absolute Gasteiger partial charge is 0.350 e. The van der Waals surface area contributed by atoms with Gasteiger partial charge < -0.3 is 11.1 Å². The molecule has 3 N–H and O–H groups in total. The van der Waals surface area contributed by atoms with Crippen LogP contribution in [0.25, 0.3) is 11.0 Å². The van der Waals surface area contributed by atoms with Gasteiger partial charge in [-0.05, 0) is 33.8 Å². The van der Waals surface area contributed by atoms with E-state index in [1.807, 2.05) is 0 Å². The third-order valence-electron chi connectivity index (χ3n) is 3.10. The Morgan fingerprint density at radius 2 is 1.78 bits per heavy atom. The molecule has 0 bridgehead atoms. The lowest BCUT2D eigenvalue weighted by Crippen LogP contribution is -2.45. The van der Waals surface area contributed by atoms with E-state index >= 15 is 0 Å². The molecule has 5 nitrogen and oxygen atoms in total. The fourth-order valence-electron chi connectivity index (χ4n) is 1.87. The molecule has 8 heteroatoms. The van der Waals surface area contributed by atoms with Crippen LogP contribution in [0.5, 0.6) is 0 Å². The third kappa shape index (κ3) is 5.27. The van der Waals surface area contributed by atoms with Crippen molar-refractivity contribution in [2.45, 2.75) is 33.2 Å². The van der Waals surface area contributed by atoms with E-state index in [4.69, 9.17) is 5.73 Å². The molecule has 0 radical (unpaired) electrons. The summed E-state index contributed by atoms with van der Waals surface area (Å²) in [5.74, 6) is -0.923. The molecule has 1 aromatic carbocycles. The van der Waals surface area contributed by atoms with E-state index in [1.165, 1.54) is 12.1 Å². The van der Waals surface area contributed by atoms with Gasteiger partial charge in [0.05, 0.1) is 22.5 Å². The average molecular weight is 363 g/mol. The van der Waals surface area contributed by atoms with Crippen molar-refractivity contribution in [3.8, 4) is 0 Å². The minimum absolute atomic E-state index is 0. The van der Waals surface area contributed by atoms with Gasteiger partial charge in [0.15, 0.2) is 0 Å². The van der Waals surface area contributed by atoms with Crippen LogP contribution in [-0.4, -0.2) is 28.0 Å². The highest BCUT2D eigenvalue weighted by Gasteiger charge is 2.18. The zero-order valence-electron chi connectivity index (χ0n) is 13.4. The molecule has 0 atom stereocenters. The van der Waals surface area contributed by atoms with Crippen molar-refractivity contribution >= 4 is 41.8 Å². The van der Waals surface area contributed by atoms with Crippen molar-refractivity contribution in [3.05, 3.63) is 34.9 Å². The lowest BCUT2D eigenvalue weighted by molar-refractivity contribution is 0.0947. The number of benzene rings is 1. The summed E-state index contributed by atoms with van der Waals surface area (Å²) in [6.45, 7) is 7.47.